The van der Waals surface area contributed by atoms with Gasteiger partial charge in [0.05, 0.1) is 24.8 Å². The van der Waals surface area contributed by atoms with E-state index in [9.17, 15) is 15.0 Å². The number of urea groups is 1. The van der Waals surface area contributed by atoms with Gasteiger partial charge in [0.15, 0.2) is 0 Å². The van der Waals surface area contributed by atoms with Crippen LogP contribution in [-0.2, 0) is 17.9 Å². The number of nitrogens with one attached hydrogen (secondary N) is 2. The summed E-state index contributed by atoms with van der Waals surface area (Å²) in [6.45, 7) is 4.49. The molecule has 0 fully saturated rings. The standard InChI is InChI=1S/C18H22N2O4/c1-12(2)24-11-13-6-8-14(9-7-13)20-18(23)19-10-15-16(21)4-3-5-17(15)22/h3-9,12,21-22H,10-11H2,1-2H3,(H2,19,20,23). The van der Waals surface area contributed by atoms with Crippen molar-refractivity contribution in [3.8, 4) is 11.5 Å². The fourth-order valence-electron chi connectivity index (χ4n) is 2.04. The molecule has 0 saturated carbocycles. The van der Waals surface area contributed by atoms with E-state index >= 15 is 0 Å². The lowest BCUT2D eigenvalue weighted by atomic mass is 10.2. The average Bonchev–Trinajstić information content (AvgIpc) is 2.53. The lowest BCUT2D eigenvalue weighted by Crippen LogP contribution is -2.28. The van der Waals surface area contributed by atoms with Gasteiger partial charge in [0, 0.05) is 5.69 Å². The van der Waals surface area contributed by atoms with Gasteiger partial charge in [-0.25, -0.2) is 4.79 Å². The number of benzene rings is 2. The summed E-state index contributed by atoms with van der Waals surface area (Å²) < 4.78 is 5.51. The Kier molecular flexibility index (Phi) is 6.03. The van der Waals surface area contributed by atoms with E-state index in [1.807, 2.05) is 26.0 Å². The second-order valence-electron chi connectivity index (χ2n) is 5.64. The molecule has 0 aromatic heterocycles. The third-order valence-corrected chi connectivity index (χ3v) is 3.35. The highest BCUT2D eigenvalue weighted by Gasteiger charge is 2.09. The molecule has 2 rings (SSSR count). The molecule has 24 heavy (non-hydrogen) atoms. The second kappa shape index (κ2) is 8.21. The topological polar surface area (TPSA) is 90.8 Å². The summed E-state index contributed by atoms with van der Waals surface area (Å²) in [6, 6.07) is 11.3. The van der Waals surface area contributed by atoms with Crippen LogP contribution in [0.25, 0.3) is 0 Å². The van der Waals surface area contributed by atoms with Crippen LogP contribution in [0, 0.1) is 0 Å². The first-order valence-corrected chi connectivity index (χ1v) is 7.71. The fourth-order valence-corrected chi connectivity index (χ4v) is 2.04. The maximum absolute atomic E-state index is 11.9. The normalized spacial score (nSPS) is 10.6. The van der Waals surface area contributed by atoms with Crippen molar-refractivity contribution in [2.24, 2.45) is 0 Å². The Labute approximate surface area is 141 Å². The van der Waals surface area contributed by atoms with Gasteiger partial charge >= 0.3 is 6.03 Å². The smallest absolute Gasteiger partial charge is 0.319 e. The number of ether oxygens (including phenoxy) is 1. The first-order chi connectivity index (χ1) is 11.5. The van der Waals surface area contributed by atoms with Crippen LogP contribution in [0.2, 0.25) is 0 Å². The van der Waals surface area contributed by atoms with Gasteiger partial charge in [-0.1, -0.05) is 18.2 Å². The Morgan fingerprint density at radius 1 is 1.08 bits per heavy atom. The SMILES string of the molecule is CC(C)OCc1ccc(NC(=O)NCc2c(O)cccc2O)cc1. The van der Waals surface area contributed by atoms with Gasteiger partial charge in [-0.2, -0.15) is 0 Å². The minimum absolute atomic E-state index is 0.0185. The van der Waals surface area contributed by atoms with Crippen LogP contribution in [0.1, 0.15) is 25.0 Å². The van der Waals surface area contributed by atoms with Crippen molar-refractivity contribution in [1.82, 2.24) is 5.32 Å². The molecule has 0 aliphatic heterocycles. The quantitative estimate of drug-likeness (QED) is 0.654. The molecule has 0 saturated heterocycles. The molecule has 0 heterocycles. The zero-order valence-corrected chi connectivity index (χ0v) is 13.7. The Hall–Kier alpha value is -2.73. The van der Waals surface area contributed by atoms with Crippen molar-refractivity contribution in [1.29, 1.82) is 0 Å². The third kappa shape index (κ3) is 5.17. The van der Waals surface area contributed by atoms with Gasteiger partial charge < -0.3 is 25.6 Å². The van der Waals surface area contributed by atoms with Crippen molar-refractivity contribution in [2.45, 2.75) is 33.1 Å². The number of carbonyl (C=O) groups excluding carboxylic acids is 1. The number of hydrogen-bond donors (Lipinski definition) is 4. The highest BCUT2D eigenvalue weighted by Crippen LogP contribution is 2.25. The predicted molar refractivity (Wildman–Crippen MR) is 92.0 cm³/mol. The van der Waals surface area contributed by atoms with Gasteiger partial charge in [0.2, 0.25) is 0 Å². The second-order valence-corrected chi connectivity index (χ2v) is 5.64. The van der Waals surface area contributed by atoms with Gasteiger partial charge in [0.25, 0.3) is 0 Å². The lowest BCUT2D eigenvalue weighted by molar-refractivity contribution is 0.0657. The largest absolute Gasteiger partial charge is 0.507 e. The summed E-state index contributed by atoms with van der Waals surface area (Å²) >= 11 is 0. The first kappa shape index (κ1) is 17.6. The number of phenolic OH excluding ortho intramolecular Hbond substituents is 2. The molecule has 0 atom stereocenters. The van der Waals surface area contributed by atoms with E-state index in [1.54, 1.807) is 12.1 Å². The molecule has 0 unspecified atom stereocenters. The Balaban J connectivity index is 1.86. The van der Waals surface area contributed by atoms with Crippen molar-refractivity contribution in [2.75, 3.05) is 5.32 Å². The van der Waals surface area contributed by atoms with E-state index < -0.39 is 6.03 Å². The van der Waals surface area contributed by atoms with Crippen molar-refractivity contribution >= 4 is 11.7 Å². The maximum atomic E-state index is 11.9. The molecule has 0 aliphatic rings. The number of anilines is 1. The molecule has 2 amide bonds. The number of hydrogen-bond acceptors (Lipinski definition) is 4. The number of rotatable bonds is 6. The van der Waals surface area contributed by atoms with Crippen LogP contribution >= 0.6 is 0 Å². The van der Waals surface area contributed by atoms with E-state index in [4.69, 9.17) is 4.74 Å². The molecule has 128 valence electrons. The summed E-state index contributed by atoms with van der Waals surface area (Å²) in [7, 11) is 0. The van der Waals surface area contributed by atoms with Crippen LogP contribution < -0.4 is 10.6 Å². The monoisotopic (exact) mass is 330 g/mol. The Morgan fingerprint density at radius 2 is 1.71 bits per heavy atom. The molecular formula is C18H22N2O4. The summed E-state index contributed by atoms with van der Waals surface area (Å²) in [6.07, 6.45) is 0.166. The highest BCUT2D eigenvalue weighted by atomic mass is 16.5. The molecule has 6 heteroatoms. The van der Waals surface area contributed by atoms with Crippen LogP contribution in [0.5, 0.6) is 11.5 Å². The number of aromatic hydroxyl groups is 2. The van der Waals surface area contributed by atoms with Crippen molar-refractivity contribution in [3.63, 3.8) is 0 Å². The van der Waals surface area contributed by atoms with Crippen LogP contribution in [0.15, 0.2) is 42.5 Å². The number of carbonyl (C=O) groups is 1. The van der Waals surface area contributed by atoms with Gasteiger partial charge in [-0.15, -0.1) is 0 Å². The Morgan fingerprint density at radius 3 is 2.29 bits per heavy atom. The van der Waals surface area contributed by atoms with E-state index in [0.29, 0.717) is 12.3 Å². The minimum atomic E-state index is -0.427. The summed E-state index contributed by atoms with van der Waals surface area (Å²) in [5.41, 5.74) is 1.94. The van der Waals surface area contributed by atoms with Crippen LogP contribution in [0.4, 0.5) is 10.5 Å². The van der Waals surface area contributed by atoms with E-state index in [2.05, 4.69) is 10.6 Å². The van der Waals surface area contributed by atoms with Gasteiger partial charge in [0.1, 0.15) is 11.5 Å². The number of amides is 2. The molecule has 6 nitrogen and oxygen atoms in total. The van der Waals surface area contributed by atoms with Crippen LogP contribution in [0.3, 0.4) is 0 Å². The molecular weight excluding hydrogens is 308 g/mol. The van der Waals surface area contributed by atoms with Crippen LogP contribution in [-0.4, -0.2) is 22.3 Å². The van der Waals surface area contributed by atoms with Gasteiger partial charge in [-0.3, -0.25) is 0 Å². The molecule has 2 aromatic carbocycles. The van der Waals surface area contributed by atoms with Crippen molar-refractivity contribution in [3.05, 3.63) is 53.6 Å². The molecule has 0 radical (unpaired) electrons. The molecule has 0 aliphatic carbocycles. The first-order valence-electron chi connectivity index (χ1n) is 7.71. The summed E-state index contributed by atoms with van der Waals surface area (Å²) in [5.74, 6) is -0.130. The van der Waals surface area contributed by atoms with Crippen molar-refractivity contribution < 1.29 is 19.7 Å². The summed E-state index contributed by atoms with van der Waals surface area (Å²) in [5, 5.41) is 24.6. The zero-order valence-electron chi connectivity index (χ0n) is 13.7. The van der Waals surface area contributed by atoms with E-state index in [1.165, 1.54) is 18.2 Å². The minimum Gasteiger partial charge on any atom is -0.507 e. The van der Waals surface area contributed by atoms with E-state index in [-0.39, 0.29) is 29.7 Å². The lowest BCUT2D eigenvalue weighted by Gasteiger charge is -2.11. The average molecular weight is 330 g/mol. The number of phenols is 2. The maximum Gasteiger partial charge on any atom is 0.319 e. The molecule has 2 aromatic rings. The molecule has 0 bridgehead atoms. The van der Waals surface area contributed by atoms with E-state index in [0.717, 1.165) is 5.56 Å². The van der Waals surface area contributed by atoms with Gasteiger partial charge in [-0.05, 0) is 43.7 Å². The molecule has 4 N–H and O–H groups in total. The third-order valence-electron chi connectivity index (χ3n) is 3.35. The Bertz CT molecular complexity index is 664. The predicted octanol–water partition coefficient (Wildman–Crippen LogP) is 3.34. The fraction of sp³-hybridized carbons (Fsp3) is 0.278. The molecule has 0 spiro atoms. The summed E-state index contributed by atoms with van der Waals surface area (Å²) in [4.78, 5) is 11.9. The zero-order chi connectivity index (χ0) is 17.5. The highest BCUT2D eigenvalue weighted by molar-refractivity contribution is 5.89.